The van der Waals surface area contributed by atoms with Crippen molar-refractivity contribution in [3.63, 3.8) is 0 Å². The van der Waals surface area contributed by atoms with Gasteiger partial charge in [0.2, 0.25) is 0 Å². The second-order valence-corrected chi connectivity index (χ2v) is 15.0. The number of hydrogen-bond donors (Lipinski definition) is 1. The normalized spacial score (nSPS) is 21.7. The molecular weight excluding hydrogens is 646 g/mol. The van der Waals surface area contributed by atoms with Crippen molar-refractivity contribution < 1.29 is 66.6 Å². The number of hydrogen-bond acceptors (Lipinski definition) is 5. The van der Waals surface area contributed by atoms with Crippen LogP contribution in [-0.2, 0) is 29.9 Å². The van der Waals surface area contributed by atoms with Crippen LogP contribution < -0.4 is 42.4 Å². The minimum absolute atomic E-state index is 0.0607. The van der Waals surface area contributed by atoms with Crippen molar-refractivity contribution in [1.82, 2.24) is 0 Å². The molecule has 2 aromatic rings. The Morgan fingerprint density at radius 1 is 1.15 bits per heavy atom. The fraction of sp³-hybridized carbons (Fsp3) is 0.462. The van der Waals surface area contributed by atoms with Gasteiger partial charge in [0.25, 0.3) is 0 Å². The van der Waals surface area contributed by atoms with Crippen LogP contribution in [0.25, 0.3) is 0 Å². The third-order valence-electron chi connectivity index (χ3n) is 6.30. The van der Waals surface area contributed by atoms with E-state index in [0.29, 0.717) is 40.2 Å². The van der Waals surface area contributed by atoms with E-state index in [4.69, 9.17) is 9.47 Å². The van der Waals surface area contributed by atoms with E-state index >= 15 is 0 Å². The van der Waals surface area contributed by atoms with E-state index in [-0.39, 0.29) is 43.5 Å². The number of rotatable bonds is 10. The molecule has 0 aliphatic carbocycles. The van der Waals surface area contributed by atoms with Crippen molar-refractivity contribution in [1.29, 1.82) is 0 Å². The standard InChI is InChI=1S/C26H30I2O5/c1-18-6-8-19(9-7-18)14-21-24(28-21)25(31)33-17-26(10-12-32-13-11-26)23(30)16-27-15-20-4-2-3-5-22(20)29/h2-9,21,24,29H,10-17H2,1H3/q-2. The summed E-state index contributed by atoms with van der Waals surface area (Å²) in [5.74, 6) is 0.387. The van der Waals surface area contributed by atoms with Gasteiger partial charge < -0.3 is 0 Å². The number of aryl methyl sites for hydroxylation is 1. The SMILES string of the molecule is Cc1ccc(CC2[I-]C2C(=O)OCC2(C(=O)C[I-]Cc3ccccc3O)CCOCC2)cc1. The quantitative estimate of drug-likeness (QED) is 0.169. The molecule has 2 saturated heterocycles. The van der Waals surface area contributed by atoms with Gasteiger partial charge in [-0.3, -0.25) is 0 Å². The number of Topliss-reactive ketones (excluding diaryl/α,β-unsaturated/α-hetero) is 1. The molecule has 180 valence electrons. The molecule has 2 heterocycles. The van der Waals surface area contributed by atoms with Crippen LogP contribution in [0.15, 0.2) is 48.5 Å². The molecule has 5 nitrogen and oxygen atoms in total. The molecule has 0 aromatic heterocycles. The van der Waals surface area contributed by atoms with Crippen molar-refractivity contribution in [2.24, 2.45) is 5.41 Å². The topological polar surface area (TPSA) is 72.8 Å². The molecule has 2 unspecified atom stereocenters. The summed E-state index contributed by atoms with van der Waals surface area (Å²) in [5.41, 5.74) is 2.83. The van der Waals surface area contributed by atoms with Crippen LogP contribution in [-0.4, -0.2) is 49.0 Å². The molecule has 0 radical (unpaired) electrons. The zero-order valence-corrected chi connectivity index (χ0v) is 23.1. The molecule has 2 aliphatic heterocycles. The van der Waals surface area contributed by atoms with Gasteiger partial charge in [0.1, 0.15) is 0 Å². The van der Waals surface area contributed by atoms with Gasteiger partial charge in [0, 0.05) is 0 Å². The monoisotopic (exact) mass is 676 g/mol. The number of alkyl halides is 4. The van der Waals surface area contributed by atoms with Crippen molar-refractivity contribution in [2.45, 2.75) is 38.5 Å². The number of aromatic hydroxyl groups is 1. The van der Waals surface area contributed by atoms with E-state index < -0.39 is 26.6 Å². The number of carbonyl (C=O) groups excluding carboxylic acids is 2. The summed E-state index contributed by atoms with van der Waals surface area (Å²) in [6.45, 7) is 3.34. The summed E-state index contributed by atoms with van der Waals surface area (Å²) in [7, 11) is 0. The minimum atomic E-state index is -0.605. The van der Waals surface area contributed by atoms with E-state index in [0.717, 1.165) is 16.4 Å². The summed E-state index contributed by atoms with van der Waals surface area (Å²) in [6.07, 6.45) is 2.18. The van der Waals surface area contributed by atoms with Crippen LogP contribution in [0.2, 0.25) is 0 Å². The summed E-state index contributed by atoms with van der Waals surface area (Å²) in [4.78, 5) is 26.0. The molecule has 1 N–H and O–H groups in total. The van der Waals surface area contributed by atoms with Gasteiger partial charge in [-0.25, -0.2) is 0 Å². The summed E-state index contributed by atoms with van der Waals surface area (Å²) >= 11 is -0.593. The molecule has 2 aromatic carbocycles. The number of esters is 1. The number of para-hydroxylation sites is 1. The third-order valence-corrected chi connectivity index (χ3v) is 12.3. The number of ether oxygens (including phenoxy) is 2. The molecule has 4 rings (SSSR count). The molecule has 0 spiro atoms. The maximum absolute atomic E-state index is 13.3. The van der Waals surface area contributed by atoms with Gasteiger partial charge in [0.05, 0.1) is 0 Å². The van der Waals surface area contributed by atoms with Crippen molar-refractivity contribution in [3.8, 4) is 5.75 Å². The van der Waals surface area contributed by atoms with Gasteiger partial charge in [-0.05, 0) is 0 Å². The van der Waals surface area contributed by atoms with Gasteiger partial charge >= 0.3 is 217 Å². The first kappa shape index (κ1) is 24.9. The Morgan fingerprint density at radius 3 is 2.61 bits per heavy atom. The number of benzene rings is 2. The number of carbonyl (C=O) groups is 2. The fourth-order valence-corrected chi connectivity index (χ4v) is 9.32. The first-order valence-corrected chi connectivity index (χ1v) is 16.8. The average Bonchev–Trinajstić information content (AvgIpc) is 3.60. The fourth-order valence-electron chi connectivity index (χ4n) is 3.98. The molecule has 7 heteroatoms. The second-order valence-electron chi connectivity index (χ2n) is 8.74. The molecule has 0 amide bonds. The van der Waals surface area contributed by atoms with Crippen molar-refractivity contribution in [2.75, 3.05) is 24.2 Å². The van der Waals surface area contributed by atoms with Crippen LogP contribution in [0.3, 0.4) is 0 Å². The first-order valence-electron chi connectivity index (χ1n) is 11.2. The van der Waals surface area contributed by atoms with Crippen LogP contribution >= 0.6 is 0 Å². The van der Waals surface area contributed by atoms with Gasteiger partial charge in [0.15, 0.2) is 0 Å². The predicted octanol–water partition coefficient (Wildman–Crippen LogP) is -2.72. The van der Waals surface area contributed by atoms with Gasteiger partial charge in [-0.2, -0.15) is 0 Å². The average molecular weight is 676 g/mol. The van der Waals surface area contributed by atoms with Gasteiger partial charge in [-0.15, -0.1) is 0 Å². The summed E-state index contributed by atoms with van der Waals surface area (Å²) in [5, 5.41) is 9.97. The number of ketones is 1. The number of phenols is 1. The van der Waals surface area contributed by atoms with Gasteiger partial charge in [-0.1, -0.05) is 0 Å². The van der Waals surface area contributed by atoms with E-state index in [1.165, 1.54) is 11.1 Å². The molecule has 2 atom stereocenters. The Bertz CT molecular complexity index is 969. The maximum atomic E-state index is 13.3. The van der Waals surface area contributed by atoms with E-state index in [1.54, 1.807) is 12.1 Å². The Hall–Kier alpha value is -1.20. The van der Waals surface area contributed by atoms with Crippen LogP contribution in [0.1, 0.15) is 29.5 Å². The van der Waals surface area contributed by atoms with Crippen LogP contribution in [0.4, 0.5) is 0 Å². The Labute approximate surface area is 216 Å². The molecule has 0 bridgehead atoms. The predicted molar refractivity (Wildman–Crippen MR) is 118 cm³/mol. The first-order chi connectivity index (χ1) is 16.0. The van der Waals surface area contributed by atoms with E-state index in [9.17, 15) is 14.7 Å². The van der Waals surface area contributed by atoms with E-state index in [2.05, 4.69) is 31.2 Å². The second kappa shape index (κ2) is 11.5. The molecule has 2 fully saturated rings. The molecule has 0 saturated carbocycles. The summed E-state index contributed by atoms with van der Waals surface area (Å²) in [6, 6.07) is 15.8. The third kappa shape index (κ3) is 6.69. The number of phenolic OH excluding ortho intramolecular Hbond substituents is 1. The number of halogens is 2. The van der Waals surface area contributed by atoms with Crippen molar-refractivity contribution in [3.05, 3.63) is 65.2 Å². The molecular formula is C26H30I2O5-2. The zero-order chi connectivity index (χ0) is 23.3. The Balaban J connectivity index is 1.28. The molecule has 33 heavy (non-hydrogen) atoms. The Morgan fingerprint density at radius 2 is 1.88 bits per heavy atom. The molecule has 2 aliphatic rings. The van der Waals surface area contributed by atoms with E-state index in [1.807, 2.05) is 12.1 Å². The Kier molecular flexibility index (Phi) is 8.67. The van der Waals surface area contributed by atoms with Crippen molar-refractivity contribution >= 4 is 11.8 Å². The van der Waals surface area contributed by atoms with Crippen LogP contribution in [0, 0.1) is 12.3 Å². The zero-order valence-electron chi connectivity index (χ0n) is 18.8. The van der Waals surface area contributed by atoms with Crippen LogP contribution in [0.5, 0.6) is 5.75 Å². The summed E-state index contributed by atoms with van der Waals surface area (Å²) < 4.78 is 13.1.